The summed E-state index contributed by atoms with van der Waals surface area (Å²) in [6, 6.07) is 5.72. The topological polar surface area (TPSA) is 64.2 Å². The first kappa shape index (κ1) is 15.1. The van der Waals surface area contributed by atoms with Crippen LogP contribution in [0, 0.1) is 5.82 Å². The molecule has 2 N–H and O–H groups in total. The summed E-state index contributed by atoms with van der Waals surface area (Å²) in [6.45, 7) is 0.153. The van der Waals surface area contributed by atoms with Crippen molar-refractivity contribution >= 4 is 22.9 Å². The van der Waals surface area contributed by atoms with E-state index in [1.165, 1.54) is 22.9 Å². The third-order valence-corrected chi connectivity index (χ3v) is 3.18. The number of halogens is 1. The number of anilines is 1. The first-order valence-electron chi connectivity index (χ1n) is 6.20. The quantitative estimate of drug-likeness (QED) is 0.858. The molecular formula is C14H15FN4OS. The fourth-order valence-electron chi connectivity index (χ4n) is 1.84. The first-order chi connectivity index (χ1) is 9.86. The van der Waals surface area contributed by atoms with Crippen LogP contribution in [0.3, 0.4) is 0 Å². The summed E-state index contributed by atoms with van der Waals surface area (Å²) in [5, 5.41) is 4.07. The Morgan fingerprint density at radius 1 is 1.38 bits per heavy atom. The number of nitrogens with zero attached hydrogens (tertiary/aromatic N) is 3. The summed E-state index contributed by atoms with van der Waals surface area (Å²) < 4.78 is 14.8. The summed E-state index contributed by atoms with van der Waals surface area (Å²) in [5.74, 6) is -0.451. The predicted molar refractivity (Wildman–Crippen MR) is 84.2 cm³/mol. The Morgan fingerprint density at radius 2 is 2.10 bits per heavy atom. The number of rotatable bonds is 4. The zero-order chi connectivity index (χ0) is 15.6. The Kier molecular flexibility index (Phi) is 4.32. The molecule has 0 radical (unpaired) electrons. The Labute approximate surface area is 126 Å². The van der Waals surface area contributed by atoms with Crippen molar-refractivity contribution < 1.29 is 4.39 Å². The van der Waals surface area contributed by atoms with Gasteiger partial charge in [-0.05, 0) is 23.8 Å². The van der Waals surface area contributed by atoms with Crippen molar-refractivity contribution in [1.29, 1.82) is 0 Å². The van der Waals surface area contributed by atoms with Gasteiger partial charge in [0, 0.05) is 25.7 Å². The molecule has 1 aromatic carbocycles. The Hall–Kier alpha value is -2.28. The molecule has 0 aliphatic rings. The third kappa shape index (κ3) is 3.63. The molecule has 7 heteroatoms. The smallest absolute Gasteiger partial charge is 0.269 e. The molecular weight excluding hydrogens is 291 g/mol. The van der Waals surface area contributed by atoms with Crippen LogP contribution in [0.1, 0.15) is 11.1 Å². The van der Waals surface area contributed by atoms with Crippen LogP contribution in [0.2, 0.25) is 0 Å². The lowest BCUT2D eigenvalue weighted by Gasteiger charge is -2.12. The molecule has 21 heavy (non-hydrogen) atoms. The van der Waals surface area contributed by atoms with E-state index in [9.17, 15) is 9.18 Å². The van der Waals surface area contributed by atoms with Crippen LogP contribution in [-0.2, 0) is 6.54 Å². The van der Waals surface area contributed by atoms with E-state index in [1.54, 1.807) is 17.2 Å². The summed E-state index contributed by atoms with van der Waals surface area (Å²) >= 11 is 4.84. The highest BCUT2D eigenvalue weighted by Gasteiger charge is 2.07. The van der Waals surface area contributed by atoms with Crippen LogP contribution in [0.15, 0.2) is 35.3 Å². The van der Waals surface area contributed by atoms with Gasteiger partial charge >= 0.3 is 0 Å². The van der Waals surface area contributed by atoms with Gasteiger partial charge in [0.05, 0.1) is 18.4 Å². The summed E-state index contributed by atoms with van der Waals surface area (Å²) in [5.41, 5.74) is 6.95. The highest BCUT2D eigenvalue weighted by atomic mass is 32.1. The normalized spacial score (nSPS) is 10.4. The maximum absolute atomic E-state index is 13.5. The summed E-state index contributed by atoms with van der Waals surface area (Å²) in [6.07, 6.45) is 1.58. The lowest BCUT2D eigenvalue weighted by Crippen LogP contribution is -2.24. The predicted octanol–water partition coefficient (Wildman–Crippen LogP) is 1.13. The van der Waals surface area contributed by atoms with E-state index in [0.717, 1.165) is 0 Å². The Balaban J connectivity index is 2.34. The van der Waals surface area contributed by atoms with Crippen molar-refractivity contribution in [3.63, 3.8) is 0 Å². The van der Waals surface area contributed by atoms with E-state index >= 15 is 0 Å². The highest BCUT2D eigenvalue weighted by molar-refractivity contribution is 7.80. The second-order valence-corrected chi connectivity index (χ2v) is 5.26. The van der Waals surface area contributed by atoms with E-state index in [1.807, 2.05) is 14.1 Å². The number of thiocarbonyl (C=S) groups is 1. The van der Waals surface area contributed by atoms with Gasteiger partial charge in [-0.25, -0.2) is 9.07 Å². The van der Waals surface area contributed by atoms with E-state index in [2.05, 4.69) is 5.10 Å². The average Bonchev–Trinajstić information content (AvgIpc) is 2.40. The average molecular weight is 306 g/mol. The molecule has 0 saturated carbocycles. The number of hydrogen-bond donors (Lipinski definition) is 1. The largest absolute Gasteiger partial charge is 0.389 e. The Morgan fingerprint density at radius 3 is 2.67 bits per heavy atom. The molecule has 110 valence electrons. The second kappa shape index (κ2) is 6.01. The third-order valence-electron chi connectivity index (χ3n) is 2.95. The molecule has 0 fully saturated rings. The molecule has 1 aromatic heterocycles. The van der Waals surface area contributed by atoms with Gasteiger partial charge in [0.15, 0.2) is 0 Å². The molecule has 2 aromatic rings. The van der Waals surface area contributed by atoms with E-state index in [4.69, 9.17) is 18.0 Å². The maximum atomic E-state index is 13.5. The van der Waals surface area contributed by atoms with Gasteiger partial charge in [0.1, 0.15) is 10.8 Å². The molecule has 5 nitrogen and oxygen atoms in total. The van der Waals surface area contributed by atoms with Crippen LogP contribution in [0.4, 0.5) is 10.1 Å². The zero-order valence-electron chi connectivity index (χ0n) is 11.7. The summed E-state index contributed by atoms with van der Waals surface area (Å²) in [7, 11) is 3.64. The highest BCUT2D eigenvalue weighted by Crippen LogP contribution is 2.11. The van der Waals surface area contributed by atoms with Gasteiger partial charge < -0.3 is 10.6 Å². The molecule has 0 amide bonds. The van der Waals surface area contributed by atoms with Gasteiger partial charge in [-0.3, -0.25) is 4.79 Å². The molecule has 0 saturated heterocycles. The molecule has 0 atom stereocenters. The minimum atomic E-state index is -0.451. The van der Waals surface area contributed by atoms with Crippen molar-refractivity contribution in [3.05, 3.63) is 57.8 Å². The molecule has 2 rings (SSSR count). The SMILES string of the molecule is CN(C)c1cnn(Cc2cc(F)cc(C(N)=S)c2)c(=O)c1. The van der Waals surface area contributed by atoms with Crippen molar-refractivity contribution in [1.82, 2.24) is 9.78 Å². The van der Waals surface area contributed by atoms with Gasteiger partial charge in [-0.2, -0.15) is 5.10 Å². The van der Waals surface area contributed by atoms with E-state index in [-0.39, 0.29) is 17.1 Å². The number of benzene rings is 1. The van der Waals surface area contributed by atoms with Crippen molar-refractivity contribution in [2.75, 3.05) is 19.0 Å². The van der Waals surface area contributed by atoms with Crippen molar-refractivity contribution in [3.8, 4) is 0 Å². The number of nitrogens with two attached hydrogens (primary N) is 1. The van der Waals surface area contributed by atoms with Crippen LogP contribution < -0.4 is 16.2 Å². The standard InChI is InChI=1S/C14H15FN4OS/c1-18(2)12-6-13(20)19(17-7-12)8-9-3-10(14(16)21)5-11(15)4-9/h3-7H,8H2,1-2H3,(H2,16,21). The summed E-state index contributed by atoms with van der Waals surface area (Å²) in [4.78, 5) is 13.9. The maximum Gasteiger partial charge on any atom is 0.269 e. The van der Waals surface area contributed by atoms with Crippen LogP contribution in [-0.4, -0.2) is 28.9 Å². The fourth-order valence-corrected chi connectivity index (χ4v) is 1.96. The molecule has 0 bridgehead atoms. The van der Waals surface area contributed by atoms with E-state index < -0.39 is 5.82 Å². The number of aromatic nitrogens is 2. The van der Waals surface area contributed by atoms with Gasteiger partial charge in [0.25, 0.3) is 5.56 Å². The van der Waals surface area contributed by atoms with Crippen molar-refractivity contribution in [2.24, 2.45) is 5.73 Å². The first-order valence-corrected chi connectivity index (χ1v) is 6.61. The molecule has 0 aliphatic carbocycles. The van der Waals surface area contributed by atoms with Crippen LogP contribution in [0.25, 0.3) is 0 Å². The lowest BCUT2D eigenvalue weighted by molar-refractivity contribution is 0.610. The van der Waals surface area contributed by atoms with Gasteiger partial charge in [0.2, 0.25) is 0 Å². The molecule has 0 aliphatic heterocycles. The second-order valence-electron chi connectivity index (χ2n) is 4.82. The minimum absolute atomic E-state index is 0.110. The van der Waals surface area contributed by atoms with Gasteiger partial charge in [-0.1, -0.05) is 12.2 Å². The zero-order valence-corrected chi connectivity index (χ0v) is 12.5. The van der Waals surface area contributed by atoms with Gasteiger partial charge in [-0.15, -0.1) is 0 Å². The fraction of sp³-hybridized carbons (Fsp3) is 0.214. The molecule has 0 unspecified atom stereocenters. The van der Waals surface area contributed by atoms with Crippen LogP contribution in [0.5, 0.6) is 0 Å². The Bertz CT molecular complexity index is 742. The lowest BCUT2D eigenvalue weighted by atomic mass is 10.1. The van der Waals surface area contributed by atoms with Crippen LogP contribution >= 0.6 is 12.2 Å². The molecule has 1 heterocycles. The molecule has 0 spiro atoms. The van der Waals surface area contributed by atoms with Crippen molar-refractivity contribution in [2.45, 2.75) is 6.54 Å². The monoisotopic (exact) mass is 306 g/mol. The number of hydrogen-bond acceptors (Lipinski definition) is 4. The van der Waals surface area contributed by atoms with E-state index in [0.29, 0.717) is 16.8 Å². The minimum Gasteiger partial charge on any atom is -0.389 e.